The van der Waals surface area contributed by atoms with Crippen LogP contribution in [0.15, 0.2) is 60.7 Å². The Bertz CT molecular complexity index is 1180. The topological polar surface area (TPSA) is 133 Å². The standard InChI is InChI=1S/C24H30N4O6S2/c29-23(25-19-7-3-1-4-8-19)15-27(21-11-13-35(31,32)17-21)28(22-12-14-36(33,34)18-22)16-24(30)26-20-9-5-2-6-10-20/h1-10,21-22H,11-18H2,(H,25,29)(H,26,30). The molecule has 2 aromatic rings. The summed E-state index contributed by atoms with van der Waals surface area (Å²) in [6, 6.07) is 16.6. The fourth-order valence-electron chi connectivity index (χ4n) is 4.62. The Morgan fingerprint density at radius 2 is 1.03 bits per heavy atom. The molecular weight excluding hydrogens is 504 g/mol. The summed E-state index contributed by atoms with van der Waals surface area (Å²) < 4.78 is 49.2. The lowest BCUT2D eigenvalue weighted by Gasteiger charge is -2.41. The molecule has 194 valence electrons. The highest BCUT2D eigenvalue weighted by molar-refractivity contribution is 7.91. The lowest BCUT2D eigenvalue weighted by Crippen LogP contribution is -2.58. The van der Waals surface area contributed by atoms with E-state index in [4.69, 9.17) is 0 Å². The number of nitrogens with one attached hydrogen (secondary N) is 2. The molecule has 0 radical (unpaired) electrons. The predicted molar refractivity (Wildman–Crippen MR) is 138 cm³/mol. The Kier molecular flexibility index (Phi) is 8.08. The van der Waals surface area contributed by atoms with Gasteiger partial charge in [-0.25, -0.2) is 26.9 Å². The van der Waals surface area contributed by atoms with Crippen LogP contribution in [0, 0.1) is 0 Å². The van der Waals surface area contributed by atoms with E-state index in [2.05, 4.69) is 10.6 Å². The number of anilines is 2. The summed E-state index contributed by atoms with van der Waals surface area (Å²) in [7, 11) is -6.62. The molecule has 36 heavy (non-hydrogen) atoms. The number of hydrazine groups is 1. The molecule has 2 aliphatic heterocycles. The fourth-order valence-corrected chi connectivity index (χ4v) is 8.06. The molecule has 2 N–H and O–H groups in total. The molecule has 0 bridgehead atoms. The Balaban J connectivity index is 1.60. The molecule has 2 fully saturated rings. The molecule has 2 atom stereocenters. The fraction of sp³-hybridized carbons (Fsp3) is 0.417. The molecular formula is C24H30N4O6S2. The number of sulfone groups is 2. The van der Waals surface area contributed by atoms with E-state index in [-0.39, 0.29) is 60.8 Å². The molecule has 2 aromatic carbocycles. The normalized spacial score (nSPS) is 22.5. The molecule has 2 heterocycles. The molecule has 2 amide bonds. The summed E-state index contributed by atoms with van der Waals surface area (Å²) >= 11 is 0. The van der Waals surface area contributed by atoms with E-state index < -0.39 is 31.8 Å². The van der Waals surface area contributed by atoms with Crippen molar-refractivity contribution >= 4 is 42.9 Å². The SMILES string of the molecule is O=C(CN(C1CCS(=O)(=O)C1)N(CC(=O)Nc1ccccc1)C1CCS(=O)(=O)C1)Nc1ccccc1. The van der Waals surface area contributed by atoms with Crippen LogP contribution in [-0.2, 0) is 29.3 Å². The molecule has 0 spiro atoms. The second-order valence-electron chi connectivity index (χ2n) is 9.14. The maximum atomic E-state index is 13.0. The van der Waals surface area contributed by atoms with Crippen LogP contribution in [0.1, 0.15) is 12.8 Å². The van der Waals surface area contributed by atoms with Gasteiger partial charge in [0.2, 0.25) is 11.8 Å². The van der Waals surface area contributed by atoms with Gasteiger partial charge >= 0.3 is 0 Å². The summed E-state index contributed by atoms with van der Waals surface area (Å²) in [4.78, 5) is 26.0. The van der Waals surface area contributed by atoms with E-state index in [1.165, 1.54) is 0 Å². The number of hydrogen-bond donors (Lipinski definition) is 2. The highest BCUT2D eigenvalue weighted by Gasteiger charge is 2.42. The van der Waals surface area contributed by atoms with E-state index in [0.29, 0.717) is 11.4 Å². The lowest BCUT2D eigenvalue weighted by molar-refractivity contribution is -0.137. The van der Waals surface area contributed by atoms with Crippen LogP contribution in [0.25, 0.3) is 0 Å². The zero-order valence-corrected chi connectivity index (χ0v) is 21.4. The smallest absolute Gasteiger partial charge is 0.240 e. The number of carbonyl (C=O) groups is 2. The van der Waals surface area contributed by atoms with E-state index in [0.717, 1.165) is 0 Å². The minimum absolute atomic E-state index is 0.0263. The Hall–Kier alpha value is -2.80. The maximum Gasteiger partial charge on any atom is 0.240 e. The Morgan fingerprint density at radius 3 is 1.33 bits per heavy atom. The highest BCUT2D eigenvalue weighted by Crippen LogP contribution is 2.26. The van der Waals surface area contributed by atoms with Crippen molar-refractivity contribution in [1.29, 1.82) is 0 Å². The summed E-state index contributed by atoms with van der Waals surface area (Å²) in [6.45, 7) is -0.436. The number of carbonyl (C=O) groups excluding carboxylic acids is 2. The minimum Gasteiger partial charge on any atom is -0.325 e. The Morgan fingerprint density at radius 1 is 0.667 bits per heavy atom. The van der Waals surface area contributed by atoms with Gasteiger partial charge in [-0.2, -0.15) is 0 Å². The first-order valence-corrected chi connectivity index (χ1v) is 15.4. The zero-order valence-electron chi connectivity index (χ0n) is 19.7. The molecule has 4 rings (SSSR count). The molecule has 12 heteroatoms. The highest BCUT2D eigenvalue weighted by atomic mass is 32.2. The van der Waals surface area contributed by atoms with Crippen molar-refractivity contribution in [2.75, 3.05) is 46.7 Å². The average molecular weight is 535 g/mol. The van der Waals surface area contributed by atoms with Gasteiger partial charge in [-0.3, -0.25) is 9.59 Å². The Labute approximate surface area is 211 Å². The predicted octanol–water partition coefficient (Wildman–Crippen LogP) is 1.16. The first-order chi connectivity index (χ1) is 17.1. The maximum absolute atomic E-state index is 13.0. The molecule has 0 saturated carbocycles. The van der Waals surface area contributed by atoms with Gasteiger partial charge in [0.15, 0.2) is 19.7 Å². The summed E-state index contributed by atoms with van der Waals surface area (Å²) in [5.74, 6) is -1.16. The first-order valence-electron chi connectivity index (χ1n) is 11.7. The summed E-state index contributed by atoms with van der Waals surface area (Å²) in [6.07, 6.45) is 0.578. The van der Waals surface area contributed by atoms with E-state index in [1.807, 2.05) is 12.1 Å². The summed E-state index contributed by atoms with van der Waals surface area (Å²) in [5, 5.41) is 8.78. The second-order valence-corrected chi connectivity index (χ2v) is 13.6. The third-order valence-corrected chi connectivity index (χ3v) is 9.82. The van der Waals surface area contributed by atoms with Gasteiger partial charge in [-0.15, -0.1) is 0 Å². The molecule has 2 saturated heterocycles. The van der Waals surface area contributed by atoms with E-state index >= 15 is 0 Å². The van der Waals surface area contributed by atoms with Gasteiger partial charge in [-0.1, -0.05) is 36.4 Å². The average Bonchev–Trinajstić information content (AvgIpc) is 3.38. The van der Waals surface area contributed by atoms with Crippen molar-refractivity contribution in [3.63, 3.8) is 0 Å². The largest absolute Gasteiger partial charge is 0.325 e. The van der Waals surface area contributed by atoms with Gasteiger partial charge in [0.25, 0.3) is 0 Å². The zero-order chi connectivity index (χ0) is 25.8. The molecule has 2 unspecified atom stereocenters. The van der Waals surface area contributed by atoms with Crippen LogP contribution in [0.3, 0.4) is 0 Å². The first kappa shape index (κ1) is 26.3. The number of amides is 2. The van der Waals surface area contributed by atoms with Crippen LogP contribution in [0.2, 0.25) is 0 Å². The summed E-state index contributed by atoms with van der Waals surface area (Å²) in [5.41, 5.74) is 1.16. The van der Waals surface area contributed by atoms with Gasteiger partial charge < -0.3 is 10.6 Å². The minimum atomic E-state index is -3.31. The van der Waals surface area contributed by atoms with Gasteiger partial charge in [0.05, 0.1) is 36.1 Å². The van der Waals surface area contributed by atoms with Crippen molar-refractivity contribution in [1.82, 2.24) is 10.0 Å². The molecule has 0 aliphatic carbocycles. The van der Waals surface area contributed by atoms with E-state index in [1.54, 1.807) is 58.5 Å². The molecule has 0 aromatic heterocycles. The number of hydrogen-bond acceptors (Lipinski definition) is 8. The van der Waals surface area contributed by atoms with Crippen LogP contribution in [0.5, 0.6) is 0 Å². The quantitative estimate of drug-likeness (QED) is 0.458. The van der Waals surface area contributed by atoms with Crippen LogP contribution in [0.4, 0.5) is 11.4 Å². The third kappa shape index (κ3) is 7.12. The third-order valence-electron chi connectivity index (χ3n) is 6.32. The second kappa shape index (κ2) is 11.1. The number of nitrogens with zero attached hydrogens (tertiary/aromatic N) is 2. The van der Waals surface area contributed by atoms with E-state index in [9.17, 15) is 26.4 Å². The van der Waals surface area contributed by atoms with Gasteiger partial charge in [0, 0.05) is 23.5 Å². The molecule has 10 nitrogen and oxygen atoms in total. The number of benzene rings is 2. The van der Waals surface area contributed by atoms with Crippen molar-refractivity contribution in [3.05, 3.63) is 60.7 Å². The van der Waals surface area contributed by atoms with Crippen LogP contribution in [-0.4, -0.2) is 86.9 Å². The van der Waals surface area contributed by atoms with Crippen molar-refractivity contribution in [2.45, 2.75) is 24.9 Å². The van der Waals surface area contributed by atoms with Crippen LogP contribution >= 0.6 is 0 Å². The van der Waals surface area contributed by atoms with Crippen molar-refractivity contribution in [2.24, 2.45) is 0 Å². The van der Waals surface area contributed by atoms with Crippen molar-refractivity contribution in [3.8, 4) is 0 Å². The molecule has 2 aliphatic rings. The number of para-hydroxylation sites is 2. The monoisotopic (exact) mass is 534 g/mol. The van der Waals surface area contributed by atoms with Crippen LogP contribution < -0.4 is 10.6 Å². The van der Waals surface area contributed by atoms with Gasteiger partial charge in [-0.05, 0) is 37.1 Å². The van der Waals surface area contributed by atoms with Crippen molar-refractivity contribution < 1.29 is 26.4 Å². The lowest BCUT2D eigenvalue weighted by atomic mass is 10.2. The number of rotatable bonds is 9. The van der Waals surface area contributed by atoms with Gasteiger partial charge in [0.1, 0.15) is 0 Å².